The van der Waals surface area contributed by atoms with Crippen molar-refractivity contribution in [3.05, 3.63) is 60.7 Å². The van der Waals surface area contributed by atoms with E-state index in [1.807, 2.05) is 0 Å². The lowest BCUT2D eigenvalue weighted by molar-refractivity contribution is -0.119. The summed E-state index contributed by atoms with van der Waals surface area (Å²) < 4.78 is 42.5. The Labute approximate surface area is 175 Å². The Morgan fingerprint density at radius 2 is 1.80 bits per heavy atom. The zero-order valence-electron chi connectivity index (χ0n) is 16.6. The number of hydrogen-bond donors (Lipinski definition) is 2. The minimum Gasteiger partial charge on any atom is -0.493 e. The summed E-state index contributed by atoms with van der Waals surface area (Å²) in [6.07, 6.45) is 3.07. The Morgan fingerprint density at radius 1 is 1.10 bits per heavy atom. The van der Waals surface area contributed by atoms with Gasteiger partial charge < -0.3 is 14.2 Å². The molecule has 0 fully saturated rings. The molecule has 0 bridgehead atoms. The number of hydrazone groups is 1. The summed E-state index contributed by atoms with van der Waals surface area (Å²) >= 11 is 0. The topological polar surface area (TPSA) is 115 Å². The molecule has 0 aromatic heterocycles. The van der Waals surface area contributed by atoms with E-state index in [-0.39, 0.29) is 10.6 Å². The van der Waals surface area contributed by atoms with Gasteiger partial charge in [0, 0.05) is 6.07 Å². The molecular weight excluding hydrogens is 410 g/mol. The van der Waals surface area contributed by atoms with Gasteiger partial charge in [-0.25, -0.2) is 18.6 Å². The molecule has 0 atom stereocenters. The Kier molecular flexibility index (Phi) is 8.39. The zero-order chi connectivity index (χ0) is 22.0. The number of ether oxygens (including phenoxy) is 3. The highest BCUT2D eigenvalue weighted by Gasteiger charge is 2.18. The monoisotopic (exact) mass is 433 g/mol. The molecule has 2 rings (SSSR count). The Balaban J connectivity index is 1.89. The average molecular weight is 433 g/mol. The molecule has 1 amide bonds. The van der Waals surface area contributed by atoms with Crippen molar-refractivity contribution in [3.63, 3.8) is 0 Å². The number of nitrogens with zero attached hydrogens (tertiary/aromatic N) is 1. The highest BCUT2D eigenvalue weighted by atomic mass is 32.2. The Bertz CT molecular complexity index is 1000. The van der Waals surface area contributed by atoms with Crippen LogP contribution in [0.15, 0.2) is 65.1 Å². The number of nitrogens with one attached hydrogen (secondary N) is 2. The molecule has 2 aromatic rings. The van der Waals surface area contributed by atoms with Gasteiger partial charge >= 0.3 is 0 Å². The van der Waals surface area contributed by atoms with E-state index in [4.69, 9.17) is 14.2 Å². The van der Waals surface area contributed by atoms with Crippen LogP contribution in [0.4, 0.5) is 0 Å². The van der Waals surface area contributed by atoms with Crippen LogP contribution in [0.5, 0.6) is 17.2 Å². The van der Waals surface area contributed by atoms with Crippen LogP contribution in [-0.4, -0.2) is 47.9 Å². The van der Waals surface area contributed by atoms with Gasteiger partial charge in [-0.1, -0.05) is 12.7 Å². The van der Waals surface area contributed by atoms with Gasteiger partial charge in [0.1, 0.15) is 12.4 Å². The van der Waals surface area contributed by atoms with Crippen LogP contribution in [-0.2, 0) is 14.8 Å². The fourth-order valence-corrected chi connectivity index (χ4v) is 3.25. The molecule has 10 heteroatoms. The minimum absolute atomic E-state index is 0.0600. The fraction of sp³-hybridized carbons (Fsp3) is 0.200. The van der Waals surface area contributed by atoms with Crippen LogP contribution in [0, 0.1) is 0 Å². The first kappa shape index (κ1) is 22.9. The van der Waals surface area contributed by atoms with E-state index in [0.717, 1.165) is 5.56 Å². The molecule has 0 aliphatic carbocycles. The number of sulfonamides is 1. The molecule has 0 radical (unpaired) electrons. The quantitative estimate of drug-likeness (QED) is 0.317. The van der Waals surface area contributed by atoms with Gasteiger partial charge in [-0.05, 0) is 42.0 Å². The van der Waals surface area contributed by atoms with Gasteiger partial charge in [0.05, 0.1) is 31.9 Å². The first-order valence-electron chi connectivity index (χ1n) is 8.77. The number of amides is 1. The van der Waals surface area contributed by atoms with E-state index in [9.17, 15) is 13.2 Å². The second kappa shape index (κ2) is 11.0. The zero-order valence-corrected chi connectivity index (χ0v) is 17.4. The van der Waals surface area contributed by atoms with Crippen LogP contribution >= 0.6 is 0 Å². The van der Waals surface area contributed by atoms with Gasteiger partial charge in [-0.15, -0.1) is 0 Å². The molecule has 0 saturated heterocycles. The molecular formula is C20H23N3O6S. The second-order valence-corrected chi connectivity index (χ2v) is 7.57. The number of rotatable bonds is 11. The van der Waals surface area contributed by atoms with Crippen LogP contribution < -0.4 is 24.4 Å². The first-order chi connectivity index (χ1) is 14.4. The maximum absolute atomic E-state index is 12.4. The highest BCUT2D eigenvalue weighted by Crippen LogP contribution is 2.29. The SMILES string of the molecule is C=CCOc1ccc(/C=N\NC(=O)CNS(=O)(=O)c2ccc(OC)c(OC)c2)cc1. The Morgan fingerprint density at radius 3 is 2.43 bits per heavy atom. The number of carbonyl (C=O) groups is 1. The lowest BCUT2D eigenvalue weighted by Crippen LogP contribution is -2.34. The third-order valence-electron chi connectivity index (χ3n) is 3.74. The predicted molar refractivity (Wildman–Crippen MR) is 113 cm³/mol. The molecule has 0 unspecified atom stereocenters. The number of benzene rings is 2. The van der Waals surface area contributed by atoms with Crippen molar-refractivity contribution in [3.8, 4) is 17.2 Å². The van der Waals surface area contributed by atoms with Gasteiger partial charge in [0.2, 0.25) is 10.0 Å². The first-order valence-corrected chi connectivity index (χ1v) is 10.2. The fourth-order valence-electron chi connectivity index (χ4n) is 2.25. The molecule has 160 valence electrons. The maximum atomic E-state index is 12.4. The molecule has 0 spiro atoms. The summed E-state index contributed by atoms with van der Waals surface area (Å²) in [7, 11) is -1.08. The van der Waals surface area contributed by atoms with Crippen molar-refractivity contribution in [2.75, 3.05) is 27.4 Å². The molecule has 0 aliphatic rings. The van der Waals surface area contributed by atoms with Gasteiger partial charge in [0.15, 0.2) is 11.5 Å². The molecule has 2 aromatic carbocycles. The summed E-state index contributed by atoms with van der Waals surface area (Å²) in [5.41, 5.74) is 2.99. The summed E-state index contributed by atoms with van der Waals surface area (Å²) in [4.78, 5) is 11.8. The molecule has 30 heavy (non-hydrogen) atoms. The third-order valence-corrected chi connectivity index (χ3v) is 5.14. The van der Waals surface area contributed by atoms with Crippen LogP contribution in [0.2, 0.25) is 0 Å². The Hall–Kier alpha value is -3.37. The van der Waals surface area contributed by atoms with E-state index >= 15 is 0 Å². The summed E-state index contributed by atoms with van der Waals surface area (Å²) in [5.74, 6) is 0.709. The second-order valence-electron chi connectivity index (χ2n) is 5.80. The summed E-state index contributed by atoms with van der Waals surface area (Å²) in [6.45, 7) is 3.49. The highest BCUT2D eigenvalue weighted by molar-refractivity contribution is 7.89. The predicted octanol–water partition coefficient (Wildman–Crippen LogP) is 1.70. The molecule has 2 N–H and O–H groups in total. The van der Waals surface area contributed by atoms with Crippen molar-refractivity contribution in [2.24, 2.45) is 5.10 Å². The maximum Gasteiger partial charge on any atom is 0.255 e. The lowest BCUT2D eigenvalue weighted by Gasteiger charge is -2.10. The minimum atomic E-state index is -3.92. The van der Waals surface area contributed by atoms with Crippen molar-refractivity contribution in [2.45, 2.75) is 4.90 Å². The van der Waals surface area contributed by atoms with E-state index < -0.39 is 22.5 Å². The van der Waals surface area contributed by atoms with Gasteiger partial charge in [-0.2, -0.15) is 5.10 Å². The van der Waals surface area contributed by atoms with Gasteiger partial charge in [0.25, 0.3) is 5.91 Å². The molecule has 0 saturated carbocycles. The largest absolute Gasteiger partial charge is 0.493 e. The van der Waals surface area contributed by atoms with Crippen LogP contribution in [0.3, 0.4) is 0 Å². The van der Waals surface area contributed by atoms with Crippen LogP contribution in [0.1, 0.15) is 5.56 Å². The van der Waals surface area contributed by atoms with E-state index in [1.165, 1.54) is 38.6 Å². The third kappa shape index (κ3) is 6.61. The standard InChI is InChI=1S/C20H23N3O6S/c1-4-11-29-16-7-5-15(6-8-16)13-21-23-20(24)14-22-30(25,26)17-9-10-18(27-2)19(12-17)28-3/h4-10,12-13,22H,1,11,14H2,2-3H3,(H,23,24)/b21-13-. The number of carbonyl (C=O) groups excluding carboxylic acids is 1. The van der Waals surface area contributed by atoms with E-state index in [2.05, 4.69) is 21.8 Å². The summed E-state index contributed by atoms with van der Waals surface area (Å²) in [5, 5.41) is 3.80. The van der Waals surface area contributed by atoms with Crippen molar-refractivity contribution < 1.29 is 27.4 Å². The van der Waals surface area contributed by atoms with Crippen LogP contribution in [0.25, 0.3) is 0 Å². The molecule has 0 heterocycles. The summed E-state index contributed by atoms with van der Waals surface area (Å²) in [6, 6.07) is 11.1. The van der Waals surface area contributed by atoms with Crippen molar-refractivity contribution in [1.29, 1.82) is 0 Å². The number of hydrogen-bond acceptors (Lipinski definition) is 7. The van der Waals surface area contributed by atoms with Crippen molar-refractivity contribution >= 4 is 22.1 Å². The lowest BCUT2D eigenvalue weighted by atomic mass is 10.2. The van der Waals surface area contributed by atoms with Gasteiger partial charge in [-0.3, -0.25) is 4.79 Å². The molecule has 9 nitrogen and oxygen atoms in total. The van der Waals surface area contributed by atoms with Crippen molar-refractivity contribution in [1.82, 2.24) is 10.1 Å². The number of methoxy groups -OCH3 is 2. The molecule has 0 aliphatic heterocycles. The normalized spacial score (nSPS) is 11.1. The van der Waals surface area contributed by atoms with E-state index in [1.54, 1.807) is 30.3 Å². The van der Waals surface area contributed by atoms with E-state index in [0.29, 0.717) is 18.1 Å². The smallest absolute Gasteiger partial charge is 0.255 e. The average Bonchev–Trinajstić information content (AvgIpc) is 2.76.